The molecule has 2 heterocycles. The predicted octanol–water partition coefficient (Wildman–Crippen LogP) is 4.07. The van der Waals surface area contributed by atoms with Crippen molar-refractivity contribution >= 4 is 28.9 Å². The lowest BCUT2D eigenvalue weighted by Crippen LogP contribution is -2.75. The minimum atomic E-state index is -0.336. The maximum absolute atomic E-state index is 13.3. The molecule has 0 unspecified atom stereocenters. The number of halogens is 1. The fourth-order valence-corrected chi connectivity index (χ4v) is 5.44. The van der Waals surface area contributed by atoms with Gasteiger partial charge in [0.15, 0.2) is 5.69 Å². The van der Waals surface area contributed by atoms with Gasteiger partial charge in [-0.1, -0.05) is 39.3 Å². The maximum Gasteiger partial charge on any atom is 0.257 e. The van der Waals surface area contributed by atoms with E-state index >= 15 is 0 Å². The summed E-state index contributed by atoms with van der Waals surface area (Å²) in [7, 11) is 1.70. The Morgan fingerprint density at radius 2 is 2.00 bits per heavy atom. The molecule has 1 aromatic rings. The van der Waals surface area contributed by atoms with Crippen molar-refractivity contribution in [3.63, 3.8) is 0 Å². The van der Waals surface area contributed by atoms with E-state index in [4.69, 9.17) is 21.6 Å². The normalized spacial score (nSPS) is 26.5. The number of carbonyl (C=O) groups is 1. The molecular weight excluding hydrogens is 414 g/mol. The molecule has 0 N–H and O–H groups in total. The second-order valence-electron chi connectivity index (χ2n) is 9.38. The van der Waals surface area contributed by atoms with Crippen molar-refractivity contribution in [1.29, 1.82) is 5.26 Å². The first-order valence-electron chi connectivity index (χ1n) is 10.2. The van der Waals surface area contributed by atoms with Crippen LogP contribution in [0.2, 0.25) is 5.02 Å². The fourth-order valence-electron chi connectivity index (χ4n) is 5.24. The van der Waals surface area contributed by atoms with Crippen LogP contribution in [0, 0.1) is 22.2 Å². The third-order valence-electron chi connectivity index (χ3n) is 6.09. The first-order chi connectivity index (χ1) is 14.4. The lowest BCUT2D eigenvalue weighted by molar-refractivity contribution is -0.206. The van der Waals surface area contributed by atoms with Gasteiger partial charge in [-0.25, -0.2) is 4.98 Å². The van der Waals surface area contributed by atoms with Crippen LogP contribution in [0.5, 0.6) is 5.75 Å². The Morgan fingerprint density at radius 3 is 2.52 bits per heavy atom. The highest BCUT2D eigenvalue weighted by atomic mass is 35.5. The largest absolute Gasteiger partial charge is 0.487 e. The Morgan fingerprint density at radius 1 is 1.35 bits per heavy atom. The molecule has 1 saturated carbocycles. The average molecular weight is 442 g/mol. The van der Waals surface area contributed by atoms with Gasteiger partial charge in [0.25, 0.3) is 5.91 Å². The Kier molecular flexibility index (Phi) is 5.98. The Hall–Kier alpha value is -2.72. The monoisotopic (exact) mass is 441 g/mol. The van der Waals surface area contributed by atoms with Crippen molar-refractivity contribution in [3.8, 4) is 11.8 Å². The van der Waals surface area contributed by atoms with Crippen LogP contribution in [0.4, 0.5) is 0 Å². The Balaban J connectivity index is 1.88. The van der Waals surface area contributed by atoms with Gasteiger partial charge in [-0.15, -0.1) is 0 Å². The molecule has 2 fully saturated rings. The van der Waals surface area contributed by atoms with E-state index in [1.54, 1.807) is 19.3 Å². The van der Waals surface area contributed by atoms with Crippen molar-refractivity contribution < 1.29 is 9.53 Å². The quantitative estimate of drug-likeness (QED) is 0.520. The minimum absolute atomic E-state index is 0.0571. The van der Waals surface area contributed by atoms with Gasteiger partial charge < -0.3 is 9.64 Å². The molecule has 0 radical (unpaired) electrons. The van der Waals surface area contributed by atoms with Crippen LogP contribution in [0.1, 0.15) is 47.2 Å². The molecule has 2 aliphatic rings. The van der Waals surface area contributed by atoms with Crippen LogP contribution >= 0.6 is 11.6 Å². The van der Waals surface area contributed by atoms with Gasteiger partial charge in [0.1, 0.15) is 17.9 Å². The first-order valence-corrected chi connectivity index (χ1v) is 10.5. The average Bonchev–Trinajstić information content (AvgIpc) is 2.99. The number of ether oxygens (including phenoxy) is 1. The molecular formula is C23H28ClN5O2. The number of amides is 1. The zero-order valence-corrected chi connectivity index (χ0v) is 19.8. The van der Waals surface area contributed by atoms with Gasteiger partial charge in [0.2, 0.25) is 0 Å². The van der Waals surface area contributed by atoms with Gasteiger partial charge in [-0.2, -0.15) is 5.26 Å². The first kappa shape index (κ1) is 23.0. The van der Waals surface area contributed by atoms with Crippen molar-refractivity contribution in [3.05, 3.63) is 34.8 Å². The van der Waals surface area contributed by atoms with E-state index in [-0.39, 0.29) is 39.6 Å². The number of nitrogens with zero attached hydrogens (tertiary/aromatic N) is 5. The molecule has 1 aliphatic heterocycles. The molecule has 3 rings (SSSR count). The molecule has 31 heavy (non-hydrogen) atoms. The molecule has 0 spiro atoms. The van der Waals surface area contributed by atoms with Crippen molar-refractivity contribution in [2.24, 2.45) is 20.8 Å². The smallest absolute Gasteiger partial charge is 0.257 e. The highest BCUT2D eigenvalue weighted by Crippen LogP contribution is 2.58. The van der Waals surface area contributed by atoms with E-state index in [0.29, 0.717) is 17.9 Å². The predicted molar refractivity (Wildman–Crippen MR) is 122 cm³/mol. The zero-order valence-electron chi connectivity index (χ0n) is 19.0. The molecule has 0 aromatic carbocycles. The number of aliphatic imine (C=N–C) groups is 2. The summed E-state index contributed by atoms with van der Waals surface area (Å²) in [5.41, 5.74) is 1.66. The number of hydrogen-bond donors (Lipinski definition) is 0. The third-order valence-corrected chi connectivity index (χ3v) is 6.38. The van der Waals surface area contributed by atoms with Gasteiger partial charge in [0.05, 0.1) is 29.0 Å². The van der Waals surface area contributed by atoms with Gasteiger partial charge in [0, 0.05) is 41.9 Å². The Bertz CT molecular complexity index is 1030. The maximum atomic E-state index is 13.3. The topological polar surface area (TPSA) is 90.9 Å². The molecule has 1 saturated heterocycles. The summed E-state index contributed by atoms with van der Waals surface area (Å²) < 4.78 is 6.28. The van der Waals surface area contributed by atoms with Crippen LogP contribution < -0.4 is 4.74 Å². The standard InChI is InChI=1S/C23H28ClN5O2/c1-13(2)27-11-15-18(26-7)12-29(19(15)30)20-22(3,4)21(23(20,5)6)31-14-8-16(24)17(9-25)28-10-14/h8,10-11,20-21H,12H2,1-7H3/b15-11+,26-18-/t20-,21-. The molecule has 8 heteroatoms. The summed E-state index contributed by atoms with van der Waals surface area (Å²) in [6, 6.07) is 3.50. The number of aromatic nitrogens is 1. The van der Waals surface area contributed by atoms with E-state index in [9.17, 15) is 4.79 Å². The van der Waals surface area contributed by atoms with E-state index in [2.05, 4.69) is 42.7 Å². The summed E-state index contributed by atoms with van der Waals surface area (Å²) in [5, 5.41) is 9.29. The van der Waals surface area contributed by atoms with Crippen molar-refractivity contribution in [2.75, 3.05) is 13.6 Å². The number of likely N-dealkylation sites (tertiary alicyclic amines) is 1. The highest BCUT2D eigenvalue weighted by molar-refractivity contribution is 6.31. The summed E-state index contributed by atoms with van der Waals surface area (Å²) >= 11 is 6.12. The van der Waals surface area contributed by atoms with Crippen molar-refractivity contribution in [1.82, 2.24) is 9.88 Å². The molecule has 1 aliphatic carbocycles. The second-order valence-corrected chi connectivity index (χ2v) is 9.79. The third kappa shape index (κ3) is 3.85. The van der Waals surface area contributed by atoms with Crippen LogP contribution in [-0.4, -0.2) is 53.0 Å². The van der Waals surface area contributed by atoms with Crippen molar-refractivity contribution in [2.45, 2.75) is 53.7 Å². The number of carbonyl (C=O) groups excluding carboxylic acids is 1. The molecule has 164 valence electrons. The van der Waals surface area contributed by atoms with Gasteiger partial charge in [-0.05, 0) is 13.8 Å². The molecule has 7 nitrogen and oxygen atoms in total. The molecule has 0 bridgehead atoms. The lowest BCUT2D eigenvalue weighted by Gasteiger charge is -2.65. The van der Waals surface area contributed by atoms with Gasteiger partial charge in [-0.3, -0.25) is 14.8 Å². The summed E-state index contributed by atoms with van der Waals surface area (Å²) in [6.45, 7) is 12.6. The summed E-state index contributed by atoms with van der Waals surface area (Å²) in [4.78, 5) is 27.9. The molecule has 0 atom stereocenters. The zero-order chi connectivity index (χ0) is 23.1. The Labute approximate surface area is 188 Å². The highest BCUT2D eigenvalue weighted by Gasteiger charge is 2.67. The van der Waals surface area contributed by atoms with Crippen LogP contribution in [0.15, 0.2) is 34.0 Å². The number of nitriles is 1. The minimum Gasteiger partial charge on any atom is -0.487 e. The number of hydrogen-bond acceptors (Lipinski definition) is 6. The summed E-state index contributed by atoms with van der Waals surface area (Å²) in [6.07, 6.45) is 2.95. The van der Waals surface area contributed by atoms with E-state index in [0.717, 1.165) is 11.4 Å². The number of rotatable bonds is 4. The van der Waals surface area contributed by atoms with E-state index < -0.39 is 0 Å². The SMILES string of the molecule is C/N=C1/CN([C@H]2C(C)(C)[C@H](Oc3cnc(C#N)c(Cl)c3)C2(C)C)C(=O)/C1=C/N=C(C)C. The van der Waals surface area contributed by atoms with Crippen LogP contribution in [0.25, 0.3) is 0 Å². The lowest BCUT2D eigenvalue weighted by atomic mass is 9.49. The van der Waals surface area contributed by atoms with Gasteiger partial charge >= 0.3 is 0 Å². The van der Waals surface area contributed by atoms with E-state index in [1.807, 2.05) is 24.8 Å². The fraction of sp³-hybridized carbons (Fsp3) is 0.522. The molecule has 1 amide bonds. The van der Waals surface area contributed by atoms with Crippen LogP contribution in [0.3, 0.4) is 0 Å². The second kappa shape index (κ2) is 8.08. The number of pyridine rings is 1. The van der Waals surface area contributed by atoms with Crippen LogP contribution in [-0.2, 0) is 4.79 Å². The van der Waals surface area contributed by atoms with E-state index in [1.165, 1.54) is 6.20 Å². The molecule has 1 aromatic heterocycles. The summed E-state index contributed by atoms with van der Waals surface area (Å²) in [5.74, 6) is 0.448.